The summed E-state index contributed by atoms with van der Waals surface area (Å²) >= 11 is 0. The molecule has 0 saturated heterocycles. The van der Waals surface area contributed by atoms with Crippen LogP contribution in [0.25, 0.3) is 21.7 Å². The van der Waals surface area contributed by atoms with E-state index in [0.29, 0.717) is 5.58 Å². The molecule has 1 atom stereocenters. The number of carbonyl (C=O) groups is 2. The molecule has 1 aliphatic rings. The second-order valence-corrected chi connectivity index (χ2v) is 6.55. The highest BCUT2D eigenvalue weighted by atomic mass is 16.6. The van der Waals surface area contributed by atoms with Crippen LogP contribution in [0.3, 0.4) is 0 Å². The van der Waals surface area contributed by atoms with Gasteiger partial charge in [-0.2, -0.15) is 0 Å². The highest BCUT2D eigenvalue weighted by molar-refractivity contribution is 6.08. The summed E-state index contributed by atoms with van der Waals surface area (Å²) in [6, 6.07) is 12.0. The number of furan rings is 1. The Kier molecular flexibility index (Phi) is 3.71. The molecule has 0 bridgehead atoms. The number of rotatable bonds is 4. The van der Waals surface area contributed by atoms with Crippen molar-refractivity contribution in [3.63, 3.8) is 0 Å². The second-order valence-electron chi connectivity index (χ2n) is 6.55. The van der Waals surface area contributed by atoms with Crippen LogP contribution >= 0.6 is 0 Å². The van der Waals surface area contributed by atoms with Crippen molar-refractivity contribution in [2.45, 2.75) is 38.8 Å². The van der Waals surface area contributed by atoms with Gasteiger partial charge in [0.1, 0.15) is 5.58 Å². The third-order valence-corrected chi connectivity index (χ3v) is 4.59. The van der Waals surface area contributed by atoms with Gasteiger partial charge in [-0.15, -0.1) is 0 Å². The SMILES string of the molecule is Cc1c(C(=O)O[C@H](C)C(=O)NC2CC2)oc2c1ccc1ccccc12. The van der Waals surface area contributed by atoms with Crippen molar-refractivity contribution in [2.24, 2.45) is 0 Å². The van der Waals surface area contributed by atoms with E-state index in [0.717, 1.165) is 34.6 Å². The summed E-state index contributed by atoms with van der Waals surface area (Å²) in [5, 5.41) is 5.69. The number of nitrogens with one attached hydrogen (secondary N) is 1. The first-order chi connectivity index (χ1) is 12.0. The van der Waals surface area contributed by atoms with E-state index in [4.69, 9.17) is 9.15 Å². The van der Waals surface area contributed by atoms with Gasteiger partial charge in [0.25, 0.3) is 5.91 Å². The van der Waals surface area contributed by atoms with Crippen molar-refractivity contribution < 1.29 is 18.7 Å². The first-order valence-electron chi connectivity index (χ1n) is 8.47. The highest BCUT2D eigenvalue weighted by Gasteiger charge is 2.29. The fourth-order valence-electron chi connectivity index (χ4n) is 2.96. The molecule has 1 N–H and O–H groups in total. The molecule has 0 radical (unpaired) electrons. The summed E-state index contributed by atoms with van der Waals surface area (Å²) in [4.78, 5) is 24.5. The van der Waals surface area contributed by atoms with Gasteiger partial charge in [0.2, 0.25) is 5.76 Å². The van der Waals surface area contributed by atoms with E-state index in [9.17, 15) is 9.59 Å². The molecule has 0 unspecified atom stereocenters. The van der Waals surface area contributed by atoms with E-state index in [1.54, 1.807) is 6.92 Å². The molecule has 5 heteroatoms. The molecule has 1 aromatic heterocycles. The predicted molar refractivity (Wildman–Crippen MR) is 94.5 cm³/mol. The molecule has 25 heavy (non-hydrogen) atoms. The summed E-state index contributed by atoms with van der Waals surface area (Å²) < 4.78 is 11.1. The Morgan fingerprint density at radius 2 is 1.92 bits per heavy atom. The lowest BCUT2D eigenvalue weighted by Crippen LogP contribution is -2.37. The van der Waals surface area contributed by atoms with Crippen LogP contribution in [-0.4, -0.2) is 24.0 Å². The van der Waals surface area contributed by atoms with Gasteiger partial charge in [-0.1, -0.05) is 36.4 Å². The van der Waals surface area contributed by atoms with Gasteiger partial charge in [0.15, 0.2) is 6.10 Å². The van der Waals surface area contributed by atoms with Gasteiger partial charge in [-0.25, -0.2) is 4.79 Å². The van der Waals surface area contributed by atoms with E-state index in [2.05, 4.69) is 5.32 Å². The summed E-state index contributed by atoms with van der Waals surface area (Å²) in [5.74, 6) is -0.733. The molecule has 1 amide bonds. The standard InChI is InChI=1S/C20H19NO4/c1-11-15-10-7-13-5-3-4-6-16(13)18(15)25-17(11)20(23)24-12(2)19(22)21-14-8-9-14/h3-7,10,12,14H,8-9H2,1-2H3,(H,21,22)/t12-/m1/s1. The van der Waals surface area contributed by atoms with Gasteiger partial charge in [-0.3, -0.25) is 4.79 Å². The molecule has 4 rings (SSSR count). The van der Waals surface area contributed by atoms with Gasteiger partial charge in [0.05, 0.1) is 0 Å². The van der Waals surface area contributed by atoms with Gasteiger partial charge in [-0.05, 0) is 32.1 Å². The van der Waals surface area contributed by atoms with E-state index in [-0.39, 0.29) is 17.7 Å². The number of aryl methyl sites for hydroxylation is 1. The van der Waals surface area contributed by atoms with Crippen molar-refractivity contribution >= 4 is 33.6 Å². The van der Waals surface area contributed by atoms with Crippen LogP contribution in [0.1, 0.15) is 35.9 Å². The van der Waals surface area contributed by atoms with Gasteiger partial charge < -0.3 is 14.5 Å². The van der Waals surface area contributed by atoms with E-state index in [1.165, 1.54) is 0 Å². The fourth-order valence-corrected chi connectivity index (χ4v) is 2.96. The van der Waals surface area contributed by atoms with Gasteiger partial charge >= 0.3 is 5.97 Å². The summed E-state index contributed by atoms with van der Waals surface area (Å²) in [5.41, 5.74) is 1.39. The summed E-state index contributed by atoms with van der Waals surface area (Å²) in [7, 11) is 0. The minimum Gasteiger partial charge on any atom is -0.448 e. The van der Waals surface area contributed by atoms with E-state index < -0.39 is 12.1 Å². The highest BCUT2D eigenvalue weighted by Crippen LogP contribution is 2.32. The Hall–Kier alpha value is -2.82. The molecule has 0 aliphatic heterocycles. The molecule has 1 heterocycles. The van der Waals surface area contributed by atoms with Crippen LogP contribution in [0.5, 0.6) is 0 Å². The number of carbonyl (C=O) groups excluding carboxylic acids is 2. The predicted octanol–water partition coefficient (Wildman–Crippen LogP) is 3.72. The lowest BCUT2D eigenvalue weighted by molar-refractivity contribution is -0.129. The molecule has 1 fully saturated rings. The molecule has 0 spiro atoms. The smallest absolute Gasteiger partial charge is 0.375 e. The first kappa shape index (κ1) is 15.7. The molecular formula is C20H19NO4. The maximum absolute atomic E-state index is 12.5. The van der Waals surface area contributed by atoms with Crippen molar-refractivity contribution in [3.8, 4) is 0 Å². The van der Waals surface area contributed by atoms with Gasteiger partial charge in [0, 0.05) is 22.4 Å². The van der Waals surface area contributed by atoms with Crippen LogP contribution in [0.4, 0.5) is 0 Å². The van der Waals surface area contributed by atoms with E-state index in [1.807, 2.05) is 43.3 Å². The molecule has 128 valence electrons. The summed E-state index contributed by atoms with van der Waals surface area (Å²) in [6.45, 7) is 3.40. The Balaban J connectivity index is 1.64. The molecule has 1 aliphatic carbocycles. The van der Waals surface area contributed by atoms with Crippen LogP contribution in [0, 0.1) is 6.92 Å². The average Bonchev–Trinajstić information content (AvgIpc) is 3.35. The topological polar surface area (TPSA) is 68.5 Å². The Labute approximate surface area is 144 Å². The number of hydrogen-bond acceptors (Lipinski definition) is 4. The Morgan fingerprint density at radius 1 is 1.16 bits per heavy atom. The first-order valence-corrected chi connectivity index (χ1v) is 8.47. The van der Waals surface area contributed by atoms with E-state index >= 15 is 0 Å². The quantitative estimate of drug-likeness (QED) is 0.737. The average molecular weight is 337 g/mol. The largest absolute Gasteiger partial charge is 0.448 e. The number of esters is 1. The monoisotopic (exact) mass is 337 g/mol. The maximum Gasteiger partial charge on any atom is 0.375 e. The third-order valence-electron chi connectivity index (χ3n) is 4.59. The lowest BCUT2D eigenvalue weighted by Gasteiger charge is -2.12. The molecule has 2 aromatic carbocycles. The molecule has 5 nitrogen and oxygen atoms in total. The normalized spacial score (nSPS) is 15.3. The van der Waals surface area contributed by atoms with Crippen molar-refractivity contribution in [2.75, 3.05) is 0 Å². The number of hydrogen-bond donors (Lipinski definition) is 1. The maximum atomic E-state index is 12.5. The minimum absolute atomic E-state index is 0.150. The molecule has 3 aromatic rings. The second kappa shape index (κ2) is 5.92. The van der Waals surface area contributed by atoms with Crippen molar-refractivity contribution in [3.05, 3.63) is 47.7 Å². The van der Waals surface area contributed by atoms with Crippen LogP contribution in [0.15, 0.2) is 40.8 Å². The lowest BCUT2D eigenvalue weighted by atomic mass is 10.1. The zero-order chi connectivity index (χ0) is 17.6. The number of benzene rings is 2. The van der Waals surface area contributed by atoms with Crippen LogP contribution < -0.4 is 5.32 Å². The minimum atomic E-state index is -0.850. The zero-order valence-corrected chi connectivity index (χ0v) is 14.2. The zero-order valence-electron chi connectivity index (χ0n) is 14.2. The Bertz CT molecular complexity index is 984. The number of fused-ring (bicyclic) bond motifs is 3. The molecular weight excluding hydrogens is 318 g/mol. The summed E-state index contributed by atoms with van der Waals surface area (Å²) in [6.07, 6.45) is 1.13. The number of ether oxygens (including phenoxy) is 1. The van der Waals surface area contributed by atoms with Crippen molar-refractivity contribution in [1.82, 2.24) is 5.32 Å². The number of amides is 1. The molecule has 1 saturated carbocycles. The van der Waals surface area contributed by atoms with Crippen molar-refractivity contribution in [1.29, 1.82) is 0 Å². The van der Waals surface area contributed by atoms with Crippen LogP contribution in [-0.2, 0) is 9.53 Å². The van der Waals surface area contributed by atoms with Crippen LogP contribution in [0.2, 0.25) is 0 Å². The Morgan fingerprint density at radius 3 is 2.68 bits per heavy atom. The third kappa shape index (κ3) is 2.86. The fraction of sp³-hybridized carbons (Fsp3) is 0.300.